The summed E-state index contributed by atoms with van der Waals surface area (Å²) in [6, 6.07) is 8.09. The number of rotatable bonds is 8. The summed E-state index contributed by atoms with van der Waals surface area (Å²) in [5.74, 6) is 0. The van der Waals surface area contributed by atoms with Crippen molar-refractivity contribution in [2.24, 2.45) is 0 Å². The molecule has 0 amide bonds. The molecule has 0 bridgehead atoms. The molecule has 1 saturated heterocycles. The van der Waals surface area contributed by atoms with Gasteiger partial charge in [-0.1, -0.05) is 65.8 Å². The van der Waals surface area contributed by atoms with E-state index in [0.29, 0.717) is 18.6 Å². The molecule has 0 unspecified atom stereocenters. The zero-order valence-corrected chi connectivity index (χ0v) is 23.9. The fourth-order valence-electron chi connectivity index (χ4n) is 4.21. The van der Waals surface area contributed by atoms with E-state index in [4.69, 9.17) is 13.9 Å². The molecule has 0 aliphatic carbocycles. The minimum absolute atomic E-state index is 0.00394. The number of ether oxygens (including phenoxy) is 2. The molecule has 0 saturated carbocycles. The summed E-state index contributed by atoms with van der Waals surface area (Å²) in [5.41, 5.74) is 1.51. The molecule has 2 heterocycles. The standard InChI is InChI=1S/C27H42N2O6Si/c1-26(2,3)20-12-10-9-11-18(20)16-33-17-19-14-29(25(32)28-24(19)31)23-13-21(22(15-30)34-23)35-36(7,8)27(4,5)6/h9-12,14,21-23,30H,13,15-17H2,1-8H3,(H,28,31,32)/t21-,22-,23-/m1/s1. The summed E-state index contributed by atoms with van der Waals surface area (Å²) in [4.78, 5) is 27.6. The van der Waals surface area contributed by atoms with Gasteiger partial charge in [-0.15, -0.1) is 0 Å². The normalized spacial score (nSPS) is 21.2. The van der Waals surface area contributed by atoms with Crippen LogP contribution in [0.4, 0.5) is 0 Å². The third-order valence-electron chi connectivity index (χ3n) is 7.30. The van der Waals surface area contributed by atoms with Gasteiger partial charge in [0.15, 0.2) is 8.32 Å². The van der Waals surface area contributed by atoms with Gasteiger partial charge in [0.05, 0.1) is 31.5 Å². The first-order chi connectivity index (χ1) is 16.6. The maximum absolute atomic E-state index is 12.7. The van der Waals surface area contributed by atoms with Crippen molar-refractivity contribution in [3.05, 3.63) is 68.0 Å². The number of hydrogen-bond donors (Lipinski definition) is 2. The van der Waals surface area contributed by atoms with Gasteiger partial charge in [-0.25, -0.2) is 4.79 Å². The molecule has 3 rings (SSSR count). The minimum atomic E-state index is -2.12. The van der Waals surface area contributed by atoms with E-state index in [2.05, 4.69) is 65.7 Å². The predicted octanol–water partition coefficient (Wildman–Crippen LogP) is 4.22. The van der Waals surface area contributed by atoms with Gasteiger partial charge in [-0.2, -0.15) is 0 Å². The maximum atomic E-state index is 12.7. The van der Waals surface area contributed by atoms with Crippen molar-refractivity contribution in [1.29, 1.82) is 0 Å². The summed E-state index contributed by atoms with van der Waals surface area (Å²) in [7, 11) is -2.12. The zero-order valence-electron chi connectivity index (χ0n) is 22.9. The Labute approximate surface area is 214 Å². The molecular formula is C27H42N2O6Si. The highest BCUT2D eigenvalue weighted by molar-refractivity contribution is 6.74. The number of nitrogens with zero attached hydrogens (tertiary/aromatic N) is 1. The number of H-pyrrole nitrogens is 1. The molecule has 2 aromatic rings. The van der Waals surface area contributed by atoms with Crippen LogP contribution in [-0.2, 0) is 32.5 Å². The molecule has 0 spiro atoms. The highest BCUT2D eigenvalue weighted by Crippen LogP contribution is 2.40. The molecule has 2 N–H and O–H groups in total. The van der Waals surface area contributed by atoms with Gasteiger partial charge in [0.1, 0.15) is 12.3 Å². The van der Waals surface area contributed by atoms with E-state index < -0.39 is 31.9 Å². The van der Waals surface area contributed by atoms with Crippen LogP contribution in [-0.4, -0.2) is 41.8 Å². The van der Waals surface area contributed by atoms with Crippen LogP contribution in [0, 0.1) is 0 Å². The van der Waals surface area contributed by atoms with E-state index in [1.807, 2.05) is 18.2 Å². The van der Waals surface area contributed by atoms with Gasteiger partial charge in [0.25, 0.3) is 5.56 Å². The van der Waals surface area contributed by atoms with Gasteiger partial charge in [-0.05, 0) is 34.7 Å². The van der Waals surface area contributed by atoms with Crippen molar-refractivity contribution in [3.63, 3.8) is 0 Å². The second kappa shape index (κ2) is 10.7. The number of benzene rings is 1. The molecule has 1 fully saturated rings. The highest BCUT2D eigenvalue weighted by Gasteiger charge is 2.45. The van der Waals surface area contributed by atoms with Crippen LogP contribution in [0.25, 0.3) is 0 Å². The Morgan fingerprint density at radius 2 is 1.72 bits per heavy atom. The molecule has 1 aromatic heterocycles. The monoisotopic (exact) mass is 518 g/mol. The number of aromatic nitrogens is 2. The molecule has 36 heavy (non-hydrogen) atoms. The topological polar surface area (TPSA) is 103 Å². The Bertz CT molecular complexity index is 1160. The Hall–Kier alpha value is -2.04. The molecule has 200 valence electrons. The molecular weight excluding hydrogens is 476 g/mol. The Morgan fingerprint density at radius 3 is 2.33 bits per heavy atom. The smallest absolute Gasteiger partial charge is 0.330 e. The molecule has 8 nitrogen and oxygen atoms in total. The third-order valence-corrected chi connectivity index (χ3v) is 11.8. The van der Waals surface area contributed by atoms with Crippen LogP contribution in [0.5, 0.6) is 0 Å². The van der Waals surface area contributed by atoms with Crippen LogP contribution < -0.4 is 11.2 Å². The van der Waals surface area contributed by atoms with E-state index in [1.54, 1.807) is 0 Å². The third kappa shape index (κ3) is 6.44. The molecule has 3 atom stereocenters. The Kier molecular flexibility index (Phi) is 8.52. The highest BCUT2D eigenvalue weighted by atomic mass is 28.4. The summed E-state index contributed by atoms with van der Waals surface area (Å²) in [6.45, 7) is 17.4. The van der Waals surface area contributed by atoms with Crippen LogP contribution in [0.15, 0.2) is 40.1 Å². The lowest BCUT2D eigenvalue weighted by Gasteiger charge is -2.39. The summed E-state index contributed by atoms with van der Waals surface area (Å²) < 4.78 is 19.8. The zero-order chi connectivity index (χ0) is 26.9. The molecule has 1 aliphatic heterocycles. The van der Waals surface area contributed by atoms with E-state index in [9.17, 15) is 14.7 Å². The van der Waals surface area contributed by atoms with Gasteiger partial charge < -0.3 is 19.0 Å². The first-order valence-corrected chi connectivity index (χ1v) is 15.5. The van der Waals surface area contributed by atoms with Crippen molar-refractivity contribution in [1.82, 2.24) is 9.55 Å². The Morgan fingerprint density at radius 1 is 1.08 bits per heavy atom. The largest absolute Gasteiger partial charge is 0.411 e. The van der Waals surface area contributed by atoms with E-state index >= 15 is 0 Å². The van der Waals surface area contributed by atoms with Crippen molar-refractivity contribution in [2.45, 2.75) is 103 Å². The lowest BCUT2D eigenvalue weighted by atomic mass is 9.84. The molecule has 9 heteroatoms. The van der Waals surface area contributed by atoms with Crippen molar-refractivity contribution < 1.29 is 19.0 Å². The quantitative estimate of drug-likeness (QED) is 0.507. The number of aliphatic hydroxyl groups excluding tert-OH is 1. The van der Waals surface area contributed by atoms with Gasteiger partial charge in [0.2, 0.25) is 0 Å². The van der Waals surface area contributed by atoms with Crippen molar-refractivity contribution in [3.8, 4) is 0 Å². The van der Waals surface area contributed by atoms with Gasteiger partial charge in [0, 0.05) is 12.6 Å². The van der Waals surface area contributed by atoms with Crippen LogP contribution >= 0.6 is 0 Å². The van der Waals surface area contributed by atoms with Crippen molar-refractivity contribution >= 4 is 8.32 Å². The van der Waals surface area contributed by atoms with E-state index in [0.717, 1.165) is 5.56 Å². The van der Waals surface area contributed by atoms with Gasteiger partial charge >= 0.3 is 5.69 Å². The summed E-state index contributed by atoms with van der Waals surface area (Å²) in [5, 5.41) is 9.91. The maximum Gasteiger partial charge on any atom is 0.330 e. The average Bonchev–Trinajstić information content (AvgIpc) is 3.15. The molecule has 1 aliphatic rings. The van der Waals surface area contributed by atoms with E-state index in [1.165, 1.54) is 16.3 Å². The second-order valence-electron chi connectivity index (χ2n) is 12.2. The van der Waals surface area contributed by atoms with Crippen LogP contribution in [0.2, 0.25) is 18.1 Å². The fourth-order valence-corrected chi connectivity index (χ4v) is 5.57. The first-order valence-electron chi connectivity index (χ1n) is 12.6. The SMILES string of the molecule is CC(C)(C)c1ccccc1COCc1cn([C@H]2C[C@@H](O[Si](C)(C)C(C)(C)C)[C@@H](CO)O2)c(=O)[nH]c1=O. The second-order valence-corrected chi connectivity index (χ2v) is 16.9. The predicted molar refractivity (Wildman–Crippen MR) is 143 cm³/mol. The summed E-state index contributed by atoms with van der Waals surface area (Å²) in [6.07, 6.45) is 0.375. The molecule has 0 radical (unpaired) electrons. The van der Waals surface area contributed by atoms with Crippen LogP contribution in [0.3, 0.4) is 0 Å². The first kappa shape index (κ1) is 28.5. The van der Waals surface area contributed by atoms with Crippen molar-refractivity contribution in [2.75, 3.05) is 6.61 Å². The summed E-state index contributed by atoms with van der Waals surface area (Å²) >= 11 is 0. The number of nitrogens with one attached hydrogen (secondary N) is 1. The fraction of sp³-hybridized carbons (Fsp3) is 0.630. The molecule has 1 aromatic carbocycles. The number of aromatic amines is 1. The lowest BCUT2D eigenvalue weighted by molar-refractivity contribution is -0.0441. The number of hydrogen-bond acceptors (Lipinski definition) is 6. The Balaban J connectivity index is 1.76. The van der Waals surface area contributed by atoms with Gasteiger partial charge in [-0.3, -0.25) is 14.3 Å². The van der Waals surface area contributed by atoms with Crippen LogP contribution in [0.1, 0.15) is 70.9 Å². The average molecular weight is 519 g/mol. The lowest BCUT2D eigenvalue weighted by Crippen LogP contribution is -2.46. The van der Waals surface area contributed by atoms with E-state index in [-0.39, 0.29) is 29.8 Å². The number of aliphatic hydroxyl groups is 1. The minimum Gasteiger partial charge on any atom is -0.411 e.